The van der Waals surface area contributed by atoms with E-state index in [-0.39, 0.29) is 17.7 Å². The maximum atomic E-state index is 13.2. The second-order valence-electron chi connectivity index (χ2n) is 6.67. The zero-order chi connectivity index (χ0) is 16.9. The van der Waals surface area contributed by atoms with E-state index in [1.165, 1.54) is 37.1 Å². The van der Waals surface area contributed by atoms with E-state index in [0.29, 0.717) is 6.04 Å². The number of rotatable bonds is 5. The van der Waals surface area contributed by atoms with E-state index in [2.05, 4.69) is 4.90 Å². The van der Waals surface area contributed by atoms with Crippen LogP contribution in [0.5, 0.6) is 0 Å². The quantitative estimate of drug-likeness (QED) is 0.888. The number of hydrogen-bond donors (Lipinski definition) is 1. The standard InChI is InChI=1S/C20H24F2N2/c21-17-9-5-15(6-10-17)13-24(20-4-2-1-3-19(20)23)14-16-7-11-18(22)12-8-16/h5-12,19-20H,1-4,13-14,23H2. The number of nitrogens with two attached hydrogens (primary N) is 1. The average Bonchev–Trinajstić information content (AvgIpc) is 2.59. The minimum absolute atomic E-state index is 0.152. The topological polar surface area (TPSA) is 29.3 Å². The van der Waals surface area contributed by atoms with E-state index < -0.39 is 0 Å². The Balaban J connectivity index is 1.79. The summed E-state index contributed by atoms with van der Waals surface area (Å²) < 4.78 is 26.3. The van der Waals surface area contributed by atoms with Gasteiger partial charge in [0.25, 0.3) is 0 Å². The number of nitrogens with zero attached hydrogens (tertiary/aromatic N) is 1. The van der Waals surface area contributed by atoms with Gasteiger partial charge < -0.3 is 5.73 Å². The predicted octanol–water partition coefficient (Wildman–Crippen LogP) is 4.24. The summed E-state index contributed by atoms with van der Waals surface area (Å²) in [5.74, 6) is -0.448. The molecule has 0 heterocycles. The summed E-state index contributed by atoms with van der Waals surface area (Å²) in [7, 11) is 0. The van der Waals surface area contributed by atoms with Gasteiger partial charge in [-0.1, -0.05) is 37.1 Å². The molecular weight excluding hydrogens is 306 g/mol. The van der Waals surface area contributed by atoms with Crippen molar-refractivity contribution < 1.29 is 8.78 Å². The van der Waals surface area contributed by atoms with Gasteiger partial charge in [-0.2, -0.15) is 0 Å². The fraction of sp³-hybridized carbons (Fsp3) is 0.400. The Hall–Kier alpha value is -1.78. The SMILES string of the molecule is NC1CCCCC1N(Cc1ccc(F)cc1)Cc1ccc(F)cc1. The molecule has 2 atom stereocenters. The van der Waals surface area contributed by atoms with Crippen LogP contribution in [0.15, 0.2) is 48.5 Å². The van der Waals surface area contributed by atoms with Gasteiger partial charge in [0.2, 0.25) is 0 Å². The molecule has 4 heteroatoms. The monoisotopic (exact) mass is 330 g/mol. The fourth-order valence-corrected chi connectivity index (χ4v) is 3.53. The predicted molar refractivity (Wildman–Crippen MR) is 92.3 cm³/mol. The van der Waals surface area contributed by atoms with E-state index in [1.807, 2.05) is 24.3 Å². The largest absolute Gasteiger partial charge is 0.326 e. The van der Waals surface area contributed by atoms with Crippen LogP contribution in [0.4, 0.5) is 8.78 Å². The molecule has 24 heavy (non-hydrogen) atoms. The molecular formula is C20H24F2N2. The van der Waals surface area contributed by atoms with Crippen molar-refractivity contribution >= 4 is 0 Å². The van der Waals surface area contributed by atoms with Gasteiger partial charge in [0.1, 0.15) is 11.6 Å². The zero-order valence-electron chi connectivity index (χ0n) is 13.8. The second-order valence-corrected chi connectivity index (χ2v) is 6.67. The summed E-state index contributed by atoms with van der Waals surface area (Å²) in [6.07, 6.45) is 4.47. The first-order valence-electron chi connectivity index (χ1n) is 8.60. The molecule has 1 aliphatic carbocycles. The third-order valence-corrected chi connectivity index (χ3v) is 4.85. The Labute approximate surface area is 142 Å². The summed E-state index contributed by atoms with van der Waals surface area (Å²) in [4.78, 5) is 2.35. The summed E-state index contributed by atoms with van der Waals surface area (Å²) in [5, 5.41) is 0. The highest BCUT2D eigenvalue weighted by molar-refractivity contribution is 5.19. The Morgan fingerprint density at radius 3 is 1.71 bits per heavy atom. The van der Waals surface area contributed by atoms with Gasteiger partial charge in [0, 0.05) is 25.2 Å². The van der Waals surface area contributed by atoms with E-state index in [0.717, 1.165) is 37.1 Å². The molecule has 2 unspecified atom stereocenters. The minimum atomic E-state index is -0.224. The van der Waals surface area contributed by atoms with Gasteiger partial charge in [0.05, 0.1) is 0 Å². The molecule has 0 amide bonds. The van der Waals surface area contributed by atoms with E-state index in [9.17, 15) is 8.78 Å². The molecule has 2 aromatic carbocycles. The summed E-state index contributed by atoms with van der Waals surface area (Å²) >= 11 is 0. The maximum absolute atomic E-state index is 13.2. The van der Waals surface area contributed by atoms with Crippen LogP contribution in [0.1, 0.15) is 36.8 Å². The Morgan fingerprint density at radius 1 is 0.792 bits per heavy atom. The van der Waals surface area contributed by atoms with Gasteiger partial charge in [0.15, 0.2) is 0 Å². The molecule has 1 fully saturated rings. The van der Waals surface area contributed by atoms with Crippen molar-refractivity contribution in [2.24, 2.45) is 5.73 Å². The molecule has 3 rings (SSSR count). The molecule has 1 saturated carbocycles. The first kappa shape index (κ1) is 17.1. The van der Waals surface area contributed by atoms with Crippen molar-refractivity contribution in [3.63, 3.8) is 0 Å². The van der Waals surface area contributed by atoms with Crippen molar-refractivity contribution in [3.05, 3.63) is 71.3 Å². The van der Waals surface area contributed by atoms with Crippen LogP contribution in [0, 0.1) is 11.6 Å². The third-order valence-electron chi connectivity index (χ3n) is 4.85. The highest BCUT2D eigenvalue weighted by atomic mass is 19.1. The average molecular weight is 330 g/mol. The zero-order valence-corrected chi connectivity index (χ0v) is 13.8. The van der Waals surface area contributed by atoms with Crippen LogP contribution < -0.4 is 5.73 Å². The normalized spacial score (nSPS) is 21.2. The van der Waals surface area contributed by atoms with Crippen molar-refractivity contribution in [1.29, 1.82) is 0 Å². The van der Waals surface area contributed by atoms with Gasteiger partial charge in [-0.25, -0.2) is 8.78 Å². The lowest BCUT2D eigenvalue weighted by Gasteiger charge is -2.38. The molecule has 0 saturated heterocycles. The lowest BCUT2D eigenvalue weighted by molar-refractivity contribution is 0.122. The number of halogens is 2. The van der Waals surface area contributed by atoms with Crippen LogP contribution in [0.3, 0.4) is 0 Å². The Morgan fingerprint density at radius 2 is 1.25 bits per heavy atom. The Bertz CT molecular complexity index is 592. The van der Waals surface area contributed by atoms with E-state index >= 15 is 0 Å². The molecule has 0 spiro atoms. The van der Waals surface area contributed by atoms with Crippen molar-refractivity contribution in [1.82, 2.24) is 4.90 Å². The molecule has 2 nitrogen and oxygen atoms in total. The molecule has 0 bridgehead atoms. The smallest absolute Gasteiger partial charge is 0.123 e. The first-order chi connectivity index (χ1) is 11.6. The molecule has 2 aromatic rings. The number of benzene rings is 2. The van der Waals surface area contributed by atoms with Crippen LogP contribution in [0.25, 0.3) is 0 Å². The van der Waals surface area contributed by atoms with Crippen molar-refractivity contribution in [3.8, 4) is 0 Å². The molecule has 1 aliphatic rings. The van der Waals surface area contributed by atoms with Gasteiger partial charge >= 0.3 is 0 Å². The number of hydrogen-bond acceptors (Lipinski definition) is 2. The van der Waals surface area contributed by atoms with Crippen molar-refractivity contribution in [2.75, 3.05) is 0 Å². The molecule has 2 N–H and O–H groups in total. The van der Waals surface area contributed by atoms with Crippen LogP contribution in [-0.2, 0) is 13.1 Å². The third kappa shape index (κ3) is 4.40. The van der Waals surface area contributed by atoms with E-state index in [4.69, 9.17) is 5.73 Å². The van der Waals surface area contributed by atoms with Gasteiger partial charge in [-0.15, -0.1) is 0 Å². The molecule has 0 aromatic heterocycles. The van der Waals surface area contributed by atoms with E-state index in [1.54, 1.807) is 0 Å². The lowest BCUT2D eigenvalue weighted by atomic mass is 9.89. The van der Waals surface area contributed by atoms with Crippen LogP contribution in [-0.4, -0.2) is 17.0 Å². The van der Waals surface area contributed by atoms with Gasteiger partial charge in [-0.3, -0.25) is 4.90 Å². The molecule has 0 radical (unpaired) electrons. The Kier molecular flexibility index (Phi) is 5.59. The fourth-order valence-electron chi connectivity index (χ4n) is 3.53. The summed E-state index contributed by atoms with van der Waals surface area (Å²) in [6.45, 7) is 1.44. The highest BCUT2D eigenvalue weighted by Gasteiger charge is 2.27. The minimum Gasteiger partial charge on any atom is -0.326 e. The molecule has 128 valence electrons. The summed E-state index contributed by atoms with van der Waals surface area (Å²) in [6, 6.07) is 13.7. The van der Waals surface area contributed by atoms with Crippen molar-refractivity contribution in [2.45, 2.75) is 50.9 Å². The second kappa shape index (κ2) is 7.86. The first-order valence-corrected chi connectivity index (χ1v) is 8.60. The molecule has 0 aliphatic heterocycles. The van der Waals surface area contributed by atoms with Gasteiger partial charge in [-0.05, 0) is 48.2 Å². The van der Waals surface area contributed by atoms with Crippen LogP contribution in [0.2, 0.25) is 0 Å². The maximum Gasteiger partial charge on any atom is 0.123 e. The lowest BCUT2D eigenvalue weighted by Crippen LogP contribution is -2.48. The highest BCUT2D eigenvalue weighted by Crippen LogP contribution is 2.25. The summed E-state index contributed by atoms with van der Waals surface area (Å²) in [5.41, 5.74) is 8.51. The van der Waals surface area contributed by atoms with Crippen LogP contribution >= 0.6 is 0 Å².